The summed E-state index contributed by atoms with van der Waals surface area (Å²) in [6, 6.07) is 13.4. The first-order valence-electron chi connectivity index (χ1n) is 9.70. The summed E-state index contributed by atoms with van der Waals surface area (Å²) in [6.45, 7) is 0. The summed E-state index contributed by atoms with van der Waals surface area (Å²) in [5.74, 6) is -9.84. The lowest BCUT2D eigenvalue weighted by molar-refractivity contribution is 0.447. The zero-order chi connectivity index (χ0) is 23.4. The zero-order valence-corrected chi connectivity index (χ0v) is 16.5. The molecule has 5 aromatic rings. The Morgan fingerprint density at radius 3 is 1.33 bits per heavy atom. The number of fused-ring (bicyclic) bond motifs is 2. The first-order chi connectivity index (χ1) is 15.8. The molecule has 0 aliphatic heterocycles. The number of hydrogen-bond donors (Lipinski definition) is 0. The van der Waals surface area contributed by atoms with Crippen LogP contribution >= 0.6 is 0 Å². The van der Waals surface area contributed by atoms with Gasteiger partial charge in [0.2, 0.25) is 0 Å². The van der Waals surface area contributed by atoms with Crippen LogP contribution in [0.3, 0.4) is 0 Å². The van der Waals surface area contributed by atoms with Gasteiger partial charge in [-0.15, -0.1) is 0 Å². The van der Waals surface area contributed by atoms with Crippen LogP contribution in [-0.2, 0) is 0 Å². The Kier molecular flexibility index (Phi) is 4.85. The van der Waals surface area contributed by atoms with E-state index in [0.717, 1.165) is 30.3 Å². The average Bonchev–Trinajstić information content (AvgIpc) is 2.79. The van der Waals surface area contributed by atoms with Gasteiger partial charge in [-0.3, -0.25) is 0 Å². The molecule has 33 heavy (non-hydrogen) atoms. The summed E-state index contributed by atoms with van der Waals surface area (Å²) >= 11 is 0. The molecule has 5 aromatic carbocycles. The third-order valence-corrected chi connectivity index (χ3v) is 5.54. The molecule has 0 aliphatic carbocycles. The van der Waals surface area contributed by atoms with Crippen molar-refractivity contribution < 1.29 is 30.7 Å². The van der Waals surface area contributed by atoms with Crippen molar-refractivity contribution in [3.8, 4) is 22.3 Å². The number of halogens is 7. The fourth-order valence-electron chi connectivity index (χ4n) is 4.20. The van der Waals surface area contributed by atoms with Gasteiger partial charge < -0.3 is 0 Å². The topological polar surface area (TPSA) is 0 Å². The van der Waals surface area contributed by atoms with E-state index in [-0.39, 0.29) is 33.0 Å². The van der Waals surface area contributed by atoms with E-state index in [1.165, 1.54) is 18.2 Å². The third kappa shape index (κ3) is 3.23. The molecule has 0 aromatic heterocycles. The molecule has 0 amide bonds. The molecule has 0 saturated carbocycles. The van der Waals surface area contributed by atoms with Gasteiger partial charge in [-0.05, 0) is 63.2 Å². The van der Waals surface area contributed by atoms with E-state index < -0.39 is 40.7 Å². The van der Waals surface area contributed by atoms with E-state index in [2.05, 4.69) is 0 Å². The Balaban J connectivity index is 2.01. The first-order valence-corrected chi connectivity index (χ1v) is 9.70. The third-order valence-electron chi connectivity index (χ3n) is 5.54. The number of benzene rings is 5. The Morgan fingerprint density at radius 2 is 0.818 bits per heavy atom. The molecule has 0 fully saturated rings. The monoisotopic (exact) mass is 456 g/mol. The van der Waals surface area contributed by atoms with E-state index in [1.54, 1.807) is 18.2 Å². The molecule has 0 heterocycles. The Bertz CT molecular complexity index is 1540. The highest BCUT2D eigenvalue weighted by Gasteiger charge is 2.22. The molecule has 5 rings (SSSR count). The van der Waals surface area contributed by atoms with Gasteiger partial charge in [0, 0.05) is 10.9 Å². The van der Waals surface area contributed by atoms with Crippen molar-refractivity contribution in [2.24, 2.45) is 0 Å². The van der Waals surface area contributed by atoms with Gasteiger partial charge in [0.05, 0.1) is 0 Å². The number of rotatable bonds is 2. The predicted octanol–water partition coefficient (Wildman–Crippen LogP) is 8.30. The lowest BCUT2D eigenvalue weighted by Gasteiger charge is -2.18. The van der Waals surface area contributed by atoms with Gasteiger partial charge in [0.15, 0.2) is 34.9 Å². The summed E-state index contributed by atoms with van der Waals surface area (Å²) in [5, 5.41) is 0.725. The molecule has 0 bridgehead atoms. The van der Waals surface area contributed by atoms with Crippen LogP contribution in [0, 0.1) is 40.7 Å². The predicted molar refractivity (Wildman–Crippen MR) is 112 cm³/mol. The van der Waals surface area contributed by atoms with Gasteiger partial charge in [0.25, 0.3) is 0 Å². The summed E-state index contributed by atoms with van der Waals surface area (Å²) in [7, 11) is 0. The van der Waals surface area contributed by atoms with Crippen LogP contribution in [0.5, 0.6) is 0 Å². The molecular weight excluding hydrogens is 445 g/mol. The van der Waals surface area contributed by atoms with E-state index >= 15 is 4.39 Å². The van der Waals surface area contributed by atoms with Crippen LogP contribution in [0.1, 0.15) is 0 Å². The van der Waals surface area contributed by atoms with Crippen molar-refractivity contribution in [2.75, 3.05) is 0 Å². The molecule has 0 unspecified atom stereocenters. The first kappa shape index (κ1) is 21.0. The summed E-state index contributed by atoms with van der Waals surface area (Å²) < 4.78 is 98.7. The molecular formula is C26H11F7. The molecule has 0 saturated heterocycles. The zero-order valence-electron chi connectivity index (χ0n) is 16.5. The second-order valence-corrected chi connectivity index (χ2v) is 7.47. The van der Waals surface area contributed by atoms with Crippen LogP contribution in [0.25, 0.3) is 43.8 Å². The van der Waals surface area contributed by atoms with Crippen LogP contribution in [0.4, 0.5) is 30.7 Å². The molecule has 164 valence electrons. The minimum Gasteiger partial charge on any atom is -0.206 e. The van der Waals surface area contributed by atoms with E-state index in [9.17, 15) is 26.3 Å². The van der Waals surface area contributed by atoms with Crippen molar-refractivity contribution in [2.45, 2.75) is 0 Å². The largest absolute Gasteiger partial charge is 0.206 e. The SMILES string of the molecule is Fc1cc(-c2c3ccccc3c(-c3cc(F)c(F)c(F)c3)c3c(F)cccc23)cc(F)c1F. The van der Waals surface area contributed by atoms with Crippen molar-refractivity contribution in [1.29, 1.82) is 0 Å². The van der Waals surface area contributed by atoms with Crippen LogP contribution in [0.2, 0.25) is 0 Å². The van der Waals surface area contributed by atoms with E-state index in [0.29, 0.717) is 10.8 Å². The molecule has 0 radical (unpaired) electrons. The van der Waals surface area contributed by atoms with Crippen LogP contribution < -0.4 is 0 Å². The minimum atomic E-state index is -1.67. The highest BCUT2D eigenvalue weighted by molar-refractivity contribution is 6.21. The molecule has 7 heteroatoms. The average molecular weight is 456 g/mol. The Labute approximate surface area is 182 Å². The van der Waals surface area contributed by atoms with Crippen molar-refractivity contribution in [3.05, 3.63) is 107 Å². The summed E-state index contributed by atoms with van der Waals surface area (Å²) in [4.78, 5) is 0. The van der Waals surface area contributed by atoms with Gasteiger partial charge in [-0.2, -0.15) is 0 Å². The van der Waals surface area contributed by atoms with Crippen molar-refractivity contribution >= 4 is 21.5 Å². The normalized spacial score (nSPS) is 11.5. The van der Waals surface area contributed by atoms with Gasteiger partial charge >= 0.3 is 0 Å². The summed E-state index contributed by atoms with van der Waals surface area (Å²) in [6.07, 6.45) is 0. The lowest BCUT2D eigenvalue weighted by Crippen LogP contribution is -1.97. The van der Waals surface area contributed by atoms with Gasteiger partial charge in [-0.1, -0.05) is 36.4 Å². The Hall–Kier alpha value is -3.87. The molecule has 0 atom stereocenters. The van der Waals surface area contributed by atoms with E-state index in [1.807, 2.05) is 0 Å². The smallest absolute Gasteiger partial charge is 0.194 e. The van der Waals surface area contributed by atoms with Gasteiger partial charge in [-0.25, -0.2) is 30.7 Å². The molecule has 0 N–H and O–H groups in total. The maximum absolute atomic E-state index is 15.2. The van der Waals surface area contributed by atoms with E-state index in [4.69, 9.17) is 0 Å². The standard InChI is InChI=1S/C26H11F7/c27-17-7-3-6-16-22(12-8-18(28)25(32)19(29)9-12)14-4-1-2-5-15(14)23(24(16)17)13-10-20(30)26(33)21(31)11-13/h1-11H. The maximum atomic E-state index is 15.2. The highest BCUT2D eigenvalue weighted by atomic mass is 19.2. The second-order valence-electron chi connectivity index (χ2n) is 7.47. The fraction of sp³-hybridized carbons (Fsp3) is 0. The fourth-order valence-corrected chi connectivity index (χ4v) is 4.20. The molecule has 0 spiro atoms. The van der Waals surface area contributed by atoms with Gasteiger partial charge in [0.1, 0.15) is 5.82 Å². The second kappa shape index (κ2) is 7.62. The van der Waals surface area contributed by atoms with Crippen LogP contribution in [0.15, 0.2) is 66.7 Å². The molecule has 0 nitrogen and oxygen atoms in total. The Morgan fingerprint density at radius 1 is 0.394 bits per heavy atom. The highest BCUT2D eigenvalue weighted by Crippen LogP contribution is 2.45. The van der Waals surface area contributed by atoms with Crippen LogP contribution in [-0.4, -0.2) is 0 Å². The maximum Gasteiger partial charge on any atom is 0.194 e. The minimum absolute atomic E-state index is 0.0544. The number of hydrogen-bond acceptors (Lipinski definition) is 0. The lowest BCUT2D eigenvalue weighted by atomic mass is 9.85. The quantitative estimate of drug-likeness (QED) is 0.142. The van der Waals surface area contributed by atoms with Crippen molar-refractivity contribution in [3.63, 3.8) is 0 Å². The molecule has 0 aliphatic rings. The van der Waals surface area contributed by atoms with Crippen molar-refractivity contribution in [1.82, 2.24) is 0 Å². The summed E-state index contributed by atoms with van der Waals surface area (Å²) in [5.41, 5.74) is 0.0925.